The standard InChI is InChI=1S/C24H16N4O2/c25-15-19-6-1-2-11-20(19)27-23(29)17-8-3-9-18(14-17)24(30)28-21-12-4-7-16-10-5-13-26-22(16)21/h1-14H,(H,27,29)(H,28,30). The number of hydrogen-bond acceptors (Lipinski definition) is 4. The maximum Gasteiger partial charge on any atom is 0.255 e. The van der Waals surface area contributed by atoms with Gasteiger partial charge in [-0.05, 0) is 42.5 Å². The summed E-state index contributed by atoms with van der Waals surface area (Å²) in [5.74, 6) is -0.751. The Kier molecular flexibility index (Phi) is 5.18. The Morgan fingerprint density at radius 1 is 0.767 bits per heavy atom. The maximum atomic E-state index is 12.8. The van der Waals surface area contributed by atoms with Crippen LogP contribution in [0.4, 0.5) is 11.4 Å². The van der Waals surface area contributed by atoms with Crippen LogP contribution in [0.2, 0.25) is 0 Å². The number of rotatable bonds is 4. The summed E-state index contributed by atoms with van der Waals surface area (Å²) in [6.45, 7) is 0. The van der Waals surface area contributed by atoms with E-state index in [-0.39, 0.29) is 5.91 Å². The number of carbonyl (C=O) groups excluding carboxylic acids is 2. The molecule has 30 heavy (non-hydrogen) atoms. The van der Waals surface area contributed by atoms with Crippen molar-refractivity contribution in [3.63, 3.8) is 0 Å². The highest BCUT2D eigenvalue weighted by atomic mass is 16.2. The lowest BCUT2D eigenvalue weighted by molar-refractivity contribution is 0.102. The first-order valence-electron chi connectivity index (χ1n) is 9.21. The van der Waals surface area contributed by atoms with E-state index in [9.17, 15) is 14.9 Å². The molecule has 0 saturated heterocycles. The normalized spacial score (nSPS) is 10.2. The molecule has 6 nitrogen and oxygen atoms in total. The maximum absolute atomic E-state index is 12.8. The SMILES string of the molecule is N#Cc1ccccc1NC(=O)c1cccc(C(=O)Nc2cccc3cccnc23)c1. The molecule has 0 unspecified atom stereocenters. The zero-order valence-corrected chi connectivity index (χ0v) is 15.8. The van der Waals surface area contributed by atoms with Crippen LogP contribution in [0, 0.1) is 11.3 Å². The number of aromatic nitrogens is 1. The number of nitrogens with zero attached hydrogens (tertiary/aromatic N) is 2. The molecule has 4 rings (SSSR count). The molecule has 0 spiro atoms. The van der Waals surface area contributed by atoms with Crippen molar-refractivity contribution in [2.24, 2.45) is 0 Å². The number of amides is 2. The lowest BCUT2D eigenvalue weighted by atomic mass is 10.1. The number of nitrogens with one attached hydrogen (secondary N) is 2. The van der Waals surface area contributed by atoms with Gasteiger partial charge in [-0.25, -0.2) is 0 Å². The second-order valence-corrected chi connectivity index (χ2v) is 6.53. The smallest absolute Gasteiger partial charge is 0.255 e. The van der Waals surface area contributed by atoms with Gasteiger partial charge in [0.1, 0.15) is 6.07 Å². The Bertz CT molecular complexity index is 1300. The fourth-order valence-electron chi connectivity index (χ4n) is 3.09. The predicted octanol–water partition coefficient (Wildman–Crippen LogP) is 4.61. The molecule has 6 heteroatoms. The second kappa shape index (κ2) is 8.25. The minimum absolute atomic E-state index is 0.312. The molecule has 0 aliphatic carbocycles. The second-order valence-electron chi connectivity index (χ2n) is 6.53. The van der Waals surface area contributed by atoms with Crippen LogP contribution < -0.4 is 10.6 Å². The van der Waals surface area contributed by atoms with Crippen molar-refractivity contribution in [1.29, 1.82) is 5.26 Å². The van der Waals surface area contributed by atoms with Crippen LogP contribution in [0.1, 0.15) is 26.3 Å². The summed E-state index contributed by atoms with van der Waals surface area (Å²) < 4.78 is 0. The van der Waals surface area contributed by atoms with Crippen LogP contribution in [0.25, 0.3) is 10.9 Å². The Morgan fingerprint density at radius 2 is 1.40 bits per heavy atom. The molecular formula is C24H16N4O2. The van der Waals surface area contributed by atoms with Crippen LogP contribution in [-0.2, 0) is 0 Å². The molecular weight excluding hydrogens is 376 g/mol. The first-order chi connectivity index (χ1) is 14.7. The van der Waals surface area contributed by atoms with Gasteiger partial charge in [0.25, 0.3) is 11.8 Å². The number of para-hydroxylation sites is 2. The number of hydrogen-bond donors (Lipinski definition) is 2. The van der Waals surface area contributed by atoms with E-state index in [0.29, 0.717) is 33.6 Å². The summed E-state index contributed by atoms with van der Waals surface area (Å²) in [6, 6.07) is 24.5. The third-order valence-electron chi connectivity index (χ3n) is 4.56. The molecule has 2 N–H and O–H groups in total. The van der Waals surface area contributed by atoms with E-state index >= 15 is 0 Å². The molecule has 0 saturated carbocycles. The van der Waals surface area contributed by atoms with Gasteiger partial charge >= 0.3 is 0 Å². The van der Waals surface area contributed by atoms with E-state index in [0.717, 1.165) is 5.39 Å². The van der Waals surface area contributed by atoms with Gasteiger partial charge in [0.05, 0.1) is 22.5 Å². The van der Waals surface area contributed by atoms with Crippen LogP contribution in [0.3, 0.4) is 0 Å². The number of anilines is 2. The molecule has 0 aliphatic rings. The van der Waals surface area contributed by atoms with Gasteiger partial charge in [-0.2, -0.15) is 5.26 Å². The summed E-state index contributed by atoms with van der Waals surface area (Å²) in [5, 5.41) is 15.7. The quantitative estimate of drug-likeness (QED) is 0.530. The molecule has 4 aromatic rings. The molecule has 1 aromatic heterocycles. The number of fused-ring (bicyclic) bond motifs is 1. The Balaban J connectivity index is 1.56. The summed E-state index contributed by atoms with van der Waals surface area (Å²) in [6.07, 6.45) is 1.67. The highest BCUT2D eigenvalue weighted by Gasteiger charge is 2.13. The van der Waals surface area contributed by atoms with Crippen LogP contribution in [-0.4, -0.2) is 16.8 Å². The summed E-state index contributed by atoms with van der Waals surface area (Å²) in [5.41, 5.74) is 2.71. The number of benzene rings is 3. The largest absolute Gasteiger partial charge is 0.321 e. The molecule has 144 valence electrons. The zero-order valence-electron chi connectivity index (χ0n) is 15.8. The van der Waals surface area contributed by atoms with E-state index in [1.54, 1.807) is 54.7 Å². The monoisotopic (exact) mass is 392 g/mol. The molecule has 0 bridgehead atoms. The predicted molar refractivity (Wildman–Crippen MR) is 115 cm³/mol. The molecule has 0 radical (unpaired) electrons. The molecule has 1 heterocycles. The number of nitriles is 1. The third kappa shape index (κ3) is 3.86. The van der Waals surface area contributed by atoms with Gasteiger partial charge in [0, 0.05) is 22.7 Å². The zero-order chi connectivity index (χ0) is 20.9. The van der Waals surface area contributed by atoms with E-state index in [2.05, 4.69) is 15.6 Å². The summed E-state index contributed by atoms with van der Waals surface area (Å²) in [4.78, 5) is 29.7. The van der Waals surface area contributed by atoms with Crippen molar-refractivity contribution in [2.75, 3.05) is 10.6 Å². The fourth-order valence-corrected chi connectivity index (χ4v) is 3.09. The first-order valence-corrected chi connectivity index (χ1v) is 9.21. The summed E-state index contributed by atoms with van der Waals surface area (Å²) >= 11 is 0. The summed E-state index contributed by atoms with van der Waals surface area (Å²) in [7, 11) is 0. The Morgan fingerprint density at radius 3 is 2.17 bits per heavy atom. The molecule has 0 fully saturated rings. The highest BCUT2D eigenvalue weighted by molar-refractivity contribution is 6.10. The van der Waals surface area contributed by atoms with Gasteiger partial charge < -0.3 is 10.6 Å². The first kappa shape index (κ1) is 18.8. The molecule has 2 amide bonds. The van der Waals surface area contributed by atoms with Gasteiger partial charge in [-0.1, -0.05) is 36.4 Å². The van der Waals surface area contributed by atoms with Gasteiger partial charge in [-0.3, -0.25) is 14.6 Å². The van der Waals surface area contributed by atoms with Crippen molar-refractivity contribution in [1.82, 2.24) is 4.98 Å². The van der Waals surface area contributed by atoms with Gasteiger partial charge in [0.2, 0.25) is 0 Å². The number of pyridine rings is 1. The third-order valence-corrected chi connectivity index (χ3v) is 4.56. The average Bonchev–Trinajstić information content (AvgIpc) is 2.79. The van der Waals surface area contributed by atoms with E-state index in [1.807, 2.05) is 30.3 Å². The number of carbonyl (C=O) groups is 2. The molecule has 3 aromatic carbocycles. The van der Waals surface area contributed by atoms with Crippen LogP contribution in [0.15, 0.2) is 85.1 Å². The average molecular weight is 392 g/mol. The minimum atomic E-state index is -0.404. The van der Waals surface area contributed by atoms with E-state index < -0.39 is 5.91 Å². The van der Waals surface area contributed by atoms with Crippen molar-refractivity contribution < 1.29 is 9.59 Å². The van der Waals surface area contributed by atoms with Crippen molar-refractivity contribution >= 4 is 34.1 Å². The Labute approximate surface area is 172 Å². The lowest BCUT2D eigenvalue weighted by Crippen LogP contribution is -2.16. The van der Waals surface area contributed by atoms with Crippen molar-refractivity contribution in [3.05, 3.63) is 102 Å². The lowest BCUT2D eigenvalue weighted by Gasteiger charge is -2.10. The van der Waals surface area contributed by atoms with E-state index in [1.165, 1.54) is 6.07 Å². The molecule has 0 atom stereocenters. The van der Waals surface area contributed by atoms with Crippen LogP contribution in [0.5, 0.6) is 0 Å². The van der Waals surface area contributed by atoms with Crippen LogP contribution >= 0.6 is 0 Å². The highest BCUT2D eigenvalue weighted by Crippen LogP contribution is 2.22. The topological polar surface area (TPSA) is 94.9 Å². The van der Waals surface area contributed by atoms with Gasteiger partial charge in [-0.15, -0.1) is 0 Å². The van der Waals surface area contributed by atoms with Gasteiger partial charge in [0.15, 0.2) is 0 Å². The van der Waals surface area contributed by atoms with Crippen molar-refractivity contribution in [2.45, 2.75) is 0 Å². The van der Waals surface area contributed by atoms with E-state index in [4.69, 9.17) is 0 Å². The Hall–Kier alpha value is -4.50. The van der Waals surface area contributed by atoms with Crippen molar-refractivity contribution in [3.8, 4) is 6.07 Å². The fraction of sp³-hybridized carbons (Fsp3) is 0. The minimum Gasteiger partial charge on any atom is -0.321 e. The molecule has 0 aliphatic heterocycles.